The van der Waals surface area contributed by atoms with E-state index in [4.69, 9.17) is 11.6 Å². The zero-order chi connectivity index (χ0) is 9.14. The molecular weight excluding hydrogens is 174 g/mol. The Morgan fingerprint density at radius 1 is 1.58 bits per heavy atom. The molecule has 0 aliphatic rings. The van der Waals surface area contributed by atoms with Gasteiger partial charge in [0, 0.05) is 11.3 Å². The van der Waals surface area contributed by atoms with Gasteiger partial charge in [0.15, 0.2) is 0 Å². The van der Waals surface area contributed by atoms with Crippen LogP contribution in [0.2, 0.25) is 5.15 Å². The number of aliphatic hydroxyl groups is 1. The molecule has 0 saturated carbocycles. The first kappa shape index (κ1) is 9.49. The summed E-state index contributed by atoms with van der Waals surface area (Å²) in [5.41, 5.74) is 1.67. The fraction of sp³-hybridized carbons (Fsp3) is 0.444. The average Bonchev–Trinajstić information content (AvgIpc) is 2.03. The standard InChI is InChI=1S/C9H12ClNO/c1-3-8(12)7-4-5-9(10)11-6(7)2/h4-5,8,12H,3H2,1-2H3. The highest BCUT2D eigenvalue weighted by molar-refractivity contribution is 6.29. The monoisotopic (exact) mass is 185 g/mol. The van der Waals surface area contributed by atoms with Crippen LogP contribution in [-0.4, -0.2) is 10.1 Å². The van der Waals surface area contributed by atoms with Gasteiger partial charge in [-0.2, -0.15) is 0 Å². The van der Waals surface area contributed by atoms with E-state index in [9.17, 15) is 5.11 Å². The maximum Gasteiger partial charge on any atom is 0.129 e. The molecule has 0 spiro atoms. The van der Waals surface area contributed by atoms with E-state index < -0.39 is 6.10 Å². The summed E-state index contributed by atoms with van der Waals surface area (Å²) in [6.07, 6.45) is 0.277. The van der Waals surface area contributed by atoms with E-state index in [1.807, 2.05) is 19.9 Å². The van der Waals surface area contributed by atoms with Crippen LogP contribution in [-0.2, 0) is 0 Å². The van der Waals surface area contributed by atoms with Gasteiger partial charge in [0.1, 0.15) is 5.15 Å². The molecule has 0 amide bonds. The minimum absolute atomic E-state index is 0.422. The van der Waals surface area contributed by atoms with Gasteiger partial charge in [-0.1, -0.05) is 24.6 Å². The Hall–Kier alpha value is -0.600. The van der Waals surface area contributed by atoms with Gasteiger partial charge in [0.25, 0.3) is 0 Å². The Kier molecular flexibility index (Phi) is 3.06. The fourth-order valence-electron chi connectivity index (χ4n) is 1.11. The van der Waals surface area contributed by atoms with E-state index in [2.05, 4.69) is 4.98 Å². The number of halogens is 1. The summed E-state index contributed by atoms with van der Waals surface area (Å²) in [4.78, 5) is 4.05. The number of hydrogen-bond donors (Lipinski definition) is 1. The van der Waals surface area contributed by atoms with Gasteiger partial charge >= 0.3 is 0 Å². The summed E-state index contributed by atoms with van der Waals surface area (Å²) in [6, 6.07) is 3.52. The summed E-state index contributed by atoms with van der Waals surface area (Å²) < 4.78 is 0. The topological polar surface area (TPSA) is 33.1 Å². The van der Waals surface area contributed by atoms with Gasteiger partial charge in [-0.25, -0.2) is 4.98 Å². The van der Waals surface area contributed by atoms with Crippen LogP contribution in [0.15, 0.2) is 12.1 Å². The lowest BCUT2D eigenvalue weighted by atomic mass is 10.1. The zero-order valence-corrected chi connectivity index (χ0v) is 7.97. The van der Waals surface area contributed by atoms with Crippen molar-refractivity contribution in [3.05, 3.63) is 28.5 Å². The Morgan fingerprint density at radius 2 is 2.25 bits per heavy atom. The summed E-state index contributed by atoms with van der Waals surface area (Å²) in [6.45, 7) is 3.78. The van der Waals surface area contributed by atoms with Gasteiger partial charge in [0.2, 0.25) is 0 Å². The smallest absolute Gasteiger partial charge is 0.129 e. The molecule has 0 radical (unpaired) electrons. The Labute approximate surface area is 77.2 Å². The Morgan fingerprint density at radius 3 is 2.75 bits per heavy atom. The van der Waals surface area contributed by atoms with Crippen molar-refractivity contribution in [3.63, 3.8) is 0 Å². The van der Waals surface area contributed by atoms with Crippen LogP contribution in [0, 0.1) is 6.92 Å². The van der Waals surface area contributed by atoms with E-state index in [1.54, 1.807) is 6.07 Å². The number of rotatable bonds is 2. The molecule has 1 heterocycles. The van der Waals surface area contributed by atoms with Gasteiger partial charge in [-0.3, -0.25) is 0 Å². The molecule has 1 atom stereocenters. The minimum Gasteiger partial charge on any atom is -0.388 e. The highest BCUT2D eigenvalue weighted by atomic mass is 35.5. The number of nitrogens with zero attached hydrogens (tertiary/aromatic N) is 1. The summed E-state index contributed by atoms with van der Waals surface area (Å²) >= 11 is 5.67. The lowest BCUT2D eigenvalue weighted by Crippen LogP contribution is -1.99. The number of aliphatic hydroxyl groups excluding tert-OH is 1. The molecule has 0 aliphatic heterocycles. The first-order valence-corrected chi connectivity index (χ1v) is 4.34. The largest absolute Gasteiger partial charge is 0.388 e. The molecule has 66 valence electrons. The van der Waals surface area contributed by atoms with Crippen LogP contribution >= 0.6 is 11.6 Å². The van der Waals surface area contributed by atoms with Gasteiger partial charge in [-0.05, 0) is 19.4 Å². The fourth-order valence-corrected chi connectivity index (χ4v) is 1.30. The predicted octanol–water partition coefficient (Wildman–Crippen LogP) is 2.49. The van der Waals surface area contributed by atoms with Gasteiger partial charge in [-0.15, -0.1) is 0 Å². The quantitative estimate of drug-likeness (QED) is 0.719. The molecule has 1 rings (SSSR count). The molecule has 1 aromatic heterocycles. The molecule has 0 saturated heterocycles. The van der Waals surface area contributed by atoms with E-state index in [0.717, 1.165) is 11.3 Å². The van der Waals surface area contributed by atoms with Crippen molar-refractivity contribution in [1.82, 2.24) is 4.98 Å². The summed E-state index contributed by atoms with van der Waals surface area (Å²) in [7, 11) is 0. The molecule has 0 aromatic carbocycles. The molecule has 0 fully saturated rings. The van der Waals surface area contributed by atoms with E-state index in [-0.39, 0.29) is 0 Å². The number of hydrogen-bond acceptors (Lipinski definition) is 2. The Balaban J connectivity index is 3.01. The van der Waals surface area contributed by atoms with Crippen molar-refractivity contribution in [2.24, 2.45) is 0 Å². The first-order chi connectivity index (χ1) is 5.65. The van der Waals surface area contributed by atoms with Crippen LogP contribution in [0.3, 0.4) is 0 Å². The van der Waals surface area contributed by atoms with Crippen LogP contribution in [0.5, 0.6) is 0 Å². The third kappa shape index (κ3) is 1.96. The van der Waals surface area contributed by atoms with E-state index in [1.165, 1.54) is 0 Å². The molecular formula is C9H12ClNO. The maximum absolute atomic E-state index is 9.52. The van der Waals surface area contributed by atoms with Crippen molar-refractivity contribution < 1.29 is 5.11 Å². The molecule has 12 heavy (non-hydrogen) atoms. The summed E-state index contributed by atoms with van der Waals surface area (Å²) in [5.74, 6) is 0. The van der Waals surface area contributed by atoms with Crippen molar-refractivity contribution in [2.75, 3.05) is 0 Å². The lowest BCUT2D eigenvalue weighted by molar-refractivity contribution is 0.172. The Bertz CT molecular complexity index is 275. The van der Waals surface area contributed by atoms with Crippen LogP contribution in [0.25, 0.3) is 0 Å². The van der Waals surface area contributed by atoms with Crippen molar-refractivity contribution >= 4 is 11.6 Å². The van der Waals surface area contributed by atoms with Crippen molar-refractivity contribution in [2.45, 2.75) is 26.4 Å². The molecule has 1 unspecified atom stereocenters. The van der Waals surface area contributed by atoms with Crippen LogP contribution in [0.1, 0.15) is 30.7 Å². The number of pyridine rings is 1. The molecule has 1 aromatic rings. The number of aryl methyl sites for hydroxylation is 1. The van der Waals surface area contributed by atoms with Gasteiger partial charge in [0.05, 0.1) is 6.10 Å². The SMILES string of the molecule is CCC(O)c1ccc(Cl)nc1C. The van der Waals surface area contributed by atoms with E-state index in [0.29, 0.717) is 11.6 Å². The normalized spacial score (nSPS) is 13.0. The first-order valence-electron chi connectivity index (χ1n) is 3.96. The average molecular weight is 186 g/mol. The molecule has 1 N–H and O–H groups in total. The number of aromatic nitrogens is 1. The van der Waals surface area contributed by atoms with Crippen molar-refractivity contribution in [3.8, 4) is 0 Å². The molecule has 0 aliphatic carbocycles. The van der Waals surface area contributed by atoms with Gasteiger partial charge < -0.3 is 5.11 Å². The minimum atomic E-state index is -0.422. The maximum atomic E-state index is 9.52. The van der Waals surface area contributed by atoms with Crippen molar-refractivity contribution in [1.29, 1.82) is 0 Å². The zero-order valence-electron chi connectivity index (χ0n) is 7.21. The highest BCUT2D eigenvalue weighted by Gasteiger charge is 2.08. The molecule has 0 bridgehead atoms. The second-order valence-electron chi connectivity index (χ2n) is 2.73. The predicted molar refractivity (Wildman–Crippen MR) is 49.2 cm³/mol. The van der Waals surface area contributed by atoms with E-state index >= 15 is 0 Å². The molecule has 3 heteroatoms. The lowest BCUT2D eigenvalue weighted by Gasteiger charge is -2.10. The second-order valence-corrected chi connectivity index (χ2v) is 3.12. The second kappa shape index (κ2) is 3.87. The third-order valence-electron chi connectivity index (χ3n) is 1.84. The third-order valence-corrected chi connectivity index (χ3v) is 2.05. The molecule has 2 nitrogen and oxygen atoms in total. The van der Waals surface area contributed by atoms with Crippen LogP contribution < -0.4 is 0 Å². The highest BCUT2D eigenvalue weighted by Crippen LogP contribution is 2.20. The summed E-state index contributed by atoms with van der Waals surface area (Å²) in [5, 5.41) is 9.99. The van der Waals surface area contributed by atoms with Crippen LogP contribution in [0.4, 0.5) is 0 Å².